The van der Waals surface area contributed by atoms with Crippen molar-refractivity contribution in [1.29, 1.82) is 0 Å². The third-order valence-corrected chi connectivity index (χ3v) is 5.72. The fourth-order valence-electron chi connectivity index (χ4n) is 2.41. The summed E-state index contributed by atoms with van der Waals surface area (Å²) in [7, 11) is -3.23. The van der Waals surface area contributed by atoms with Crippen LogP contribution < -0.4 is 5.32 Å². The Morgan fingerprint density at radius 3 is 2.30 bits per heavy atom. The van der Waals surface area contributed by atoms with E-state index in [0.717, 1.165) is 0 Å². The van der Waals surface area contributed by atoms with Crippen LogP contribution in [-0.2, 0) is 24.6 Å². The highest BCUT2D eigenvalue weighted by Crippen LogP contribution is 2.51. The first-order chi connectivity index (χ1) is 12.8. The molecule has 1 aromatic rings. The molecule has 0 saturated carbocycles. The Kier molecular flexibility index (Phi) is 9.81. The minimum absolute atomic E-state index is 0.0976. The third kappa shape index (κ3) is 7.96. The van der Waals surface area contributed by atoms with Crippen LogP contribution in [0.1, 0.15) is 49.0 Å². The zero-order valence-electron chi connectivity index (χ0n) is 15.6. The highest BCUT2D eigenvalue weighted by atomic mass is 31.2. The van der Waals surface area contributed by atoms with Gasteiger partial charge in [-0.1, -0.05) is 12.1 Å². The van der Waals surface area contributed by atoms with Crippen molar-refractivity contribution in [3.8, 4) is 12.3 Å². The van der Waals surface area contributed by atoms with Crippen LogP contribution in [0.4, 0.5) is 0 Å². The molecule has 1 amide bonds. The van der Waals surface area contributed by atoms with E-state index in [-0.39, 0.29) is 25.8 Å². The van der Waals surface area contributed by atoms with Crippen molar-refractivity contribution >= 4 is 19.5 Å². The number of carbonyl (C=O) groups is 2. The number of terminal acetylenes is 1. The van der Waals surface area contributed by atoms with E-state index < -0.39 is 25.5 Å². The summed E-state index contributed by atoms with van der Waals surface area (Å²) in [5, 5.41) is 11.7. The number of unbranched alkanes of at least 4 members (excludes halogenated alkanes) is 1. The van der Waals surface area contributed by atoms with Gasteiger partial charge in [-0.3, -0.25) is 9.36 Å². The Morgan fingerprint density at radius 2 is 1.81 bits per heavy atom. The molecular weight excluding hydrogens is 369 g/mol. The molecule has 8 heteroatoms. The predicted octanol–water partition coefficient (Wildman–Crippen LogP) is 3.44. The van der Waals surface area contributed by atoms with Crippen molar-refractivity contribution in [2.75, 3.05) is 13.2 Å². The van der Waals surface area contributed by atoms with Gasteiger partial charge in [-0.25, -0.2) is 4.79 Å². The van der Waals surface area contributed by atoms with Crippen LogP contribution in [0, 0.1) is 12.3 Å². The van der Waals surface area contributed by atoms with Crippen molar-refractivity contribution in [2.24, 2.45) is 0 Å². The van der Waals surface area contributed by atoms with E-state index in [1.165, 1.54) is 0 Å². The summed E-state index contributed by atoms with van der Waals surface area (Å²) < 4.78 is 23.0. The smallest absolute Gasteiger partial charge is 0.335 e. The van der Waals surface area contributed by atoms with Crippen molar-refractivity contribution < 1.29 is 28.3 Å². The molecule has 1 atom stereocenters. The SMILES string of the molecule is C#CCCC[C@@H](NC(=O)c1ccc(CP(=O)(OCC)OCC)cc1)C(=O)O. The van der Waals surface area contributed by atoms with E-state index in [9.17, 15) is 19.3 Å². The zero-order chi connectivity index (χ0) is 20.3. The molecule has 27 heavy (non-hydrogen) atoms. The van der Waals surface area contributed by atoms with Gasteiger partial charge in [0.15, 0.2) is 0 Å². The topological polar surface area (TPSA) is 102 Å². The number of hydrogen-bond donors (Lipinski definition) is 2. The van der Waals surface area contributed by atoms with Gasteiger partial charge in [-0.2, -0.15) is 0 Å². The molecular formula is C19H26NO6P. The van der Waals surface area contributed by atoms with Gasteiger partial charge in [0.1, 0.15) is 6.04 Å². The summed E-state index contributed by atoms with van der Waals surface area (Å²) in [6.07, 6.45) is 6.48. The summed E-state index contributed by atoms with van der Waals surface area (Å²) >= 11 is 0. The lowest BCUT2D eigenvalue weighted by molar-refractivity contribution is -0.139. The number of carbonyl (C=O) groups excluding carboxylic acids is 1. The molecule has 1 aromatic carbocycles. The lowest BCUT2D eigenvalue weighted by Crippen LogP contribution is -2.40. The molecule has 0 bridgehead atoms. The number of rotatable bonds is 12. The molecule has 0 aliphatic rings. The summed E-state index contributed by atoms with van der Waals surface area (Å²) in [6, 6.07) is 5.39. The Labute approximate surface area is 160 Å². The van der Waals surface area contributed by atoms with Crippen LogP contribution in [0.15, 0.2) is 24.3 Å². The summed E-state index contributed by atoms with van der Waals surface area (Å²) in [5.41, 5.74) is 1.00. The third-order valence-electron chi connectivity index (χ3n) is 3.66. The Hall–Kier alpha value is -2.13. The number of carboxylic acids is 1. The number of benzene rings is 1. The van der Waals surface area contributed by atoms with E-state index in [4.69, 9.17) is 15.5 Å². The van der Waals surface area contributed by atoms with Gasteiger partial charge in [0.05, 0.1) is 19.4 Å². The van der Waals surface area contributed by atoms with Crippen molar-refractivity contribution in [3.05, 3.63) is 35.4 Å². The maximum absolute atomic E-state index is 12.5. The van der Waals surface area contributed by atoms with Gasteiger partial charge in [0.2, 0.25) is 0 Å². The van der Waals surface area contributed by atoms with Gasteiger partial charge < -0.3 is 19.5 Å². The maximum Gasteiger partial charge on any atom is 0.335 e. The Bertz CT molecular complexity index is 700. The number of amides is 1. The standard InChI is InChI=1S/C19H26NO6P/c1-4-7-8-9-17(19(22)23)20-18(21)16-12-10-15(11-13-16)14-27(24,25-5-2)26-6-3/h1,10-13,17H,5-9,14H2,2-3H3,(H,20,21)(H,22,23)/t17-/m1/s1. The lowest BCUT2D eigenvalue weighted by atomic mass is 10.1. The lowest BCUT2D eigenvalue weighted by Gasteiger charge is -2.17. The van der Waals surface area contributed by atoms with E-state index in [2.05, 4.69) is 11.2 Å². The molecule has 0 aromatic heterocycles. The van der Waals surface area contributed by atoms with Crippen LogP contribution in [0.2, 0.25) is 0 Å². The fraction of sp³-hybridized carbons (Fsp3) is 0.474. The van der Waals surface area contributed by atoms with Gasteiger partial charge in [0.25, 0.3) is 5.91 Å². The average molecular weight is 395 g/mol. The summed E-state index contributed by atoms with van der Waals surface area (Å²) in [4.78, 5) is 23.5. The van der Waals surface area contributed by atoms with Gasteiger partial charge in [-0.15, -0.1) is 12.3 Å². The Morgan fingerprint density at radius 1 is 1.22 bits per heavy atom. The molecule has 0 saturated heterocycles. The van der Waals surface area contributed by atoms with Gasteiger partial charge >= 0.3 is 13.6 Å². The van der Waals surface area contributed by atoms with E-state index in [0.29, 0.717) is 24.0 Å². The van der Waals surface area contributed by atoms with Crippen molar-refractivity contribution in [3.63, 3.8) is 0 Å². The Balaban J connectivity index is 2.76. The second-order valence-electron chi connectivity index (χ2n) is 5.76. The van der Waals surface area contributed by atoms with E-state index >= 15 is 0 Å². The molecule has 7 nitrogen and oxygen atoms in total. The number of aliphatic carboxylic acids is 1. The first kappa shape index (κ1) is 22.9. The zero-order valence-corrected chi connectivity index (χ0v) is 16.5. The second kappa shape index (κ2) is 11.6. The molecule has 1 rings (SSSR count). The molecule has 0 spiro atoms. The highest BCUT2D eigenvalue weighted by Gasteiger charge is 2.24. The first-order valence-corrected chi connectivity index (χ1v) is 10.5. The van der Waals surface area contributed by atoms with Crippen LogP contribution in [0.3, 0.4) is 0 Å². The predicted molar refractivity (Wildman–Crippen MR) is 103 cm³/mol. The quantitative estimate of drug-likeness (QED) is 0.319. The summed E-state index contributed by atoms with van der Waals surface area (Å²) in [6.45, 7) is 4.02. The molecule has 0 unspecified atom stereocenters. The summed E-state index contributed by atoms with van der Waals surface area (Å²) in [5.74, 6) is 0.842. The average Bonchev–Trinajstić information content (AvgIpc) is 2.61. The monoisotopic (exact) mass is 395 g/mol. The minimum atomic E-state index is -3.23. The van der Waals surface area contributed by atoms with E-state index in [1.54, 1.807) is 38.1 Å². The molecule has 0 heterocycles. The molecule has 0 aliphatic heterocycles. The highest BCUT2D eigenvalue weighted by molar-refractivity contribution is 7.53. The van der Waals surface area contributed by atoms with Gasteiger partial charge in [0, 0.05) is 12.0 Å². The van der Waals surface area contributed by atoms with E-state index in [1.807, 2.05) is 0 Å². The molecule has 148 valence electrons. The first-order valence-electron chi connectivity index (χ1n) is 8.79. The normalized spacial score (nSPS) is 12.2. The largest absolute Gasteiger partial charge is 0.480 e. The molecule has 0 radical (unpaired) electrons. The van der Waals surface area contributed by atoms with Crippen molar-refractivity contribution in [1.82, 2.24) is 5.32 Å². The number of hydrogen-bond acceptors (Lipinski definition) is 5. The van der Waals surface area contributed by atoms with Crippen LogP contribution in [0.5, 0.6) is 0 Å². The number of carboxylic acid groups (broad SMARTS) is 1. The maximum atomic E-state index is 12.5. The van der Waals surface area contributed by atoms with Crippen molar-refractivity contribution in [2.45, 2.75) is 45.3 Å². The number of nitrogens with one attached hydrogen (secondary N) is 1. The van der Waals surface area contributed by atoms with Crippen LogP contribution >= 0.6 is 7.60 Å². The fourth-order valence-corrected chi connectivity index (χ4v) is 4.12. The molecule has 0 aliphatic carbocycles. The van der Waals surface area contributed by atoms with Crippen LogP contribution in [-0.4, -0.2) is 36.2 Å². The second-order valence-corrected chi connectivity index (χ2v) is 7.82. The van der Waals surface area contributed by atoms with Crippen LogP contribution in [0.25, 0.3) is 0 Å². The molecule has 2 N–H and O–H groups in total. The minimum Gasteiger partial charge on any atom is -0.480 e. The molecule has 0 fully saturated rings. The van der Waals surface area contributed by atoms with Gasteiger partial charge in [-0.05, 0) is 44.4 Å².